The Morgan fingerprint density at radius 3 is 1.66 bits per heavy atom. The molecule has 178 valence electrons. The molecule has 1 aromatic rings. The van der Waals surface area contributed by atoms with Crippen molar-refractivity contribution in [1.29, 1.82) is 0 Å². The van der Waals surface area contributed by atoms with Gasteiger partial charge in [-0.25, -0.2) is 9.59 Å². The predicted molar refractivity (Wildman–Crippen MR) is 123 cm³/mol. The zero-order valence-electron chi connectivity index (χ0n) is 20.1. The lowest BCUT2D eigenvalue weighted by molar-refractivity contribution is -0.0406. The highest BCUT2D eigenvalue weighted by Crippen LogP contribution is 2.33. The summed E-state index contributed by atoms with van der Waals surface area (Å²) in [5.41, 5.74) is -0.886. The second-order valence-electron chi connectivity index (χ2n) is 9.95. The molecule has 7 nitrogen and oxygen atoms in total. The van der Waals surface area contributed by atoms with Crippen LogP contribution >= 0.6 is 0 Å². The normalized spacial score (nSPS) is 18.8. The zero-order chi connectivity index (χ0) is 23.4. The fourth-order valence-corrected chi connectivity index (χ4v) is 4.79. The minimum absolute atomic E-state index is 0.178. The van der Waals surface area contributed by atoms with Crippen LogP contribution in [0.4, 0.5) is 0 Å². The molecule has 2 fully saturated rings. The van der Waals surface area contributed by atoms with Gasteiger partial charge in [-0.15, -0.1) is 0 Å². The van der Waals surface area contributed by atoms with Crippen molar-refractivity contribution in [2.75, 3.05) is 33.3 Å². The van der Waals surface area contributed by atoms with E-state index in [2.05, 4.69) is 10.6 Å². The topological polar surface area (TPSA) is 85.9 Å². The molecule has 0 aliphatic carbocycles. The molecule has 0 unspecified atom stereocenters. The van der Waals surface area contributed by atoms with Gasteiger partial charge in [0.2, 0.25) is 0 Å². The number of hydrogen-bond acceptors (Lipinski definition) is 7. The van der Waals surface area contributed by atoms with Gasteiger partial charge < -0.3 is 24.8 Å². The molecule has 0 aromatic heterocycles. The van der Waals surface area contributed by atoms with Crippen LogP contribution in [-0.4, -0.2) is 56.4 Å². The van der Waals surface area contributed by atoms with Crippen LogP contribution in [0, 0.1) is 11.8 Å². The van der Waals surface area contributed by atoms with Gasteiger partial charge in [-0.1, -0.05) is 0 Å². The molecular weight excluding hydrogens is 408 g/mol. The number of carbonyl (C=O) groups excluding carboxylic acids is 2. The minimum Gasteiger partial charge on any atom is -0.497 e. The lowest BCUT2D eigenvalue weighted by Gasteiger charge is -2.37. The van der Waals surface area contributed by atoms with E-state index in [1.54, 1.807) is 18.2 Å². The number of carbonyl (C=O) groups is 2. The number of hydrogen-bond donors (Lipinski definition) is 2. The molecule has 32 heavy (non-hydrogen) atoms. The molecule has 1 aromatic carbocycles. The van der Waals surface area contributed by atoms with E-state index in [0.717, 1.165) is 51.9 Å². The Labute approximate surface area is 191 Å². The van der Waals surface area contributed by atoms with Gasteiger partial charge in [0, 0.05) is 11.8 Å². The second kappa shape index (κ2) is 10.2. The molecule has 0 radical (unpaired) electrons. The number of esters is 2. The summed E-state index contributed by atoms with van der Waals surface area (Å²) in [6.45, 7) is 11.4. The Kier molecular flexibility index (Phi) is 7.83. The summed E-state index contributed by atoms with van der Waals surface area (Å²) in [6.07, 6.45) is 3.78. The van der Waals surface area contributed by atoms with Gasteiger partial charge in [0.25, 0.3) is 0 Å². The van der Waals surface area contributed by atoms with E-state index < -0.39 is 23.1 Å². The quantitative estimate of drug-likeness (QED) is 0.619. The third-order valence-corrected chi connectivity index (χ3v) is 7.02. The largest absolute Gasteiger partial charge is 0.497 e. The molecule has 7 heteroatoms. The first kappa shape index (κ1) is 24.5. The summed E-state index contributed by atoms with van der Waals surface area (Å²) in [7, 11) is 1.53. The van der Waals surface area contributed by atoms with E-state index in [1.165, 1.54) is 7.11 Å². The summed E-state index contributed by atoms with van der Waals surface area (Å²) in [5, 5.41) is 6.68. The Balaban J connectivity index is 1.81. The lowest BCUT2D eigenvalue weighted by Crippen LogP contribution is -2.43. The molecule has 0 atom stereocenters. The predicted octanol–water partition coefficient (Wildman–Crippen LogP) is 3.57. The van der Waals surface area contributed by atoms with Gasteiger partial charge in [0.15, 0.2) is 0 Å². The Morgan fingerprint density at radius 2 is 1.22 bits per heavy atom. The molecule has 0 spiro atoms. The van der Waals surface area contributed by atoms with Crippen LogP contribution < -0.4 is 15.4 Å². The van der Waals surface area contributed by atoms with Gasteiger partial charge in [0.1, 0.15) is 17.0 Å². The first-order chi connectivity index (χ1) is 15.1. The Morgan fingerprint density at radius 1 is 0.781 bits per heavy atom. The molecule has 2 aliphatic rings. The average Bonchev–Trinajstić information content (AvgIpc) is 2.79. The number of benzene rings is 1. The number of nitrogens with one attached hydrogen (secondary N) is 2. The van der Waals surface area contributed by atoms with Gasteiger partial charge in [-0.3, -0.25) is 0 Å². The standard InChI is InChI=1S/C25H38N2O5/c1-24(2,17-8-12-26-13-9-17)31-22(28)20-7-6-19(30-5)16-21(20)23(29)32-25(3,4)18-10-14-27-15-11-18/h6-7,16-18,26-27H,8-15H2,1-5H3. The average molecular weight is 447 g/mol. The lowest BCUT2D eigenvalue weighted by atomic mass is 9.83. The van der Waals surface area contributed by atoms with E-state index >= 15 is 0 Å². The van der Waals surface area contributed by atoms with Gasteiger partial charge in [-0.2, -0.15) is 0 Å². The summed E-state index contributed by atoms with van der Waals surface area (Å²) in [6, 6.07) is 4.83. The molecule has 2 saturated heterocycles. The molecule has 0 bridgehead atoms. The van der Waals surface area contributed by atoms with E-state index in [4.69, 9.17) is 14.2 Å². The Hall–Kier alpha value is -2.12. The maximum Gasteiger partial charge on any atom is 0.339 e. The zero-order valence-corrected chi connectivity index (χ0v) is 20.1. The van der Waals surface area contributed by atoms with Crippen LogP contribution in [0.25, 0.3) is 0 Å². The van der Waals surface area contributed by atoms with E-state index in [-0.39, 0.29) is 23.0 Å². The minimum atomic E-state index is -0.641. The van der Waals surface area contributed by atoms with Crippen molar-refractivity contribution in [2.45, 2.75) is 64.6 Å². The van der Waals surface area contributed by atoms with Gasteiger partial charge in [-0.05, 0) is 97.8 Å². The number of ether oxygens (including phenoxy) is 3. The van der Waals surface area contributed by atoms with Crippen LogP contribution in [0.3, 0.4) is 0 Å². The molecule has 2 heterocycles. The SMILES string of the molecule is COc1ccc(C(=O)OC(C)(C)C2CCNCC2)c(C(=O)OC(C)(C)C2CCNCC2)c1. The molecule has 3 rings (SSSR count). The smallest absolute Gasteiger partial charge is 0.339 e. The Bertz CT molecular complexity index is 809. The van der Waals surface area contributed by atoms with Crippen LogP contribution in [0.1, 0.15) is 74.1 Å². The molecule has 0 saturated carbocycles. The third kappa shape index (κ3) is 5.81. The van der Waals surface area contributed by atoms with Crippen molar-refractivity contribution >= 4 is 11.9 Å². The van der Waals surface area contributed by atoms with Crippen molar-refractivity contribution in [3.63, 3.8) is 0 Å². The van der Waals surface area contributed by atoms with E-state index in [1.807, 2.05) is 27.7 Å². The summed E-state index contributed by atoms with van der Waals surface area (Å²) in [4.78, 5) is 26.5. The maximum absolute atomic E-state index is 13.3. The summed E-state index contributed by atoms with van der Waals surface area (Å²) in [5.74, 6) is -0.0274. The van der Waals surface area contributed by atoms with Crippen LogP contribution in [0.15, 0.2) is 18.2 Å². The third-order valence-electron chi connectivity index (χ3n) is 7.02. The fraction of sp³-hybridized carbons (Fsp3) is 0.680. The summed E-state index contributed by atoms with van der Waals surface area (Å²) >= 11 is 0. The second-order valence-corrected chi connectivity index (χ2v) is 9.95. The molecule has 0 amide bonds. The highest BCUT2D eigenvalue weighted by molar-refractivity contribution is 6.03. The van der Waals surface area contributed by atoms with Crippen molar-refractivity contribution < 1.29 is 23.8 Å². The molecule has 2 N–H and O–H groups in total. The van der Waals surface area contributed by atoms with Crippen molar-refractivity contribution in [3.05, 3.63) is 29.3 Å². The fourth-order valence-electron chi connectivity index (χ4n) is 4.79. The van der Waals surface area contributed by atoms with Crippen molar-refractivity contribution in [2.24, 2.45) is 11.8 Å². The highest BCUT2D eigenvalue weighted by atomic mass is 16.6. The van der Waals surface area contributed by atoms with Crippen molar-refractivity contribution in [3.8, 4) is 5.75 Å². The number of rotatable bonds is 7. The first-order valence-corrected chi connectivity index (χ1v) is 11.7. The van der Waals surface area contributed by atoms with Crippen LogP contribution in [0.5, 0.6) is 5.75 Å². The van der Waals surface area contributed by atoms with Crippen LogP contribution in [0.2, 0.25) is 0 Å². The van der Waals surface area contributed by atoms with E-state index in [0.29, 0.717) is 5.75 Å². The molecular formula is C25H38N2O5. The van der Waals surface area contributed by atoms with Crippen molar-refractivity contribution in [1.82, 2.24) is 10.6 Å². The van der Waals surface area contributed by atoms with Gasteiger partial charge >= 0.3 is 11.9 Å². The van der Waals surface area contributed by atoms with Gasteiger partial charge in [0.05, 0.1) is 18.2 Å². The first-order valence-electron chi connectivity index (χ1n) is 11.7. The van der Waals surface area contributed by atoms with Crippen LogP contribution in [-0.2, 0) is 9.47 Å². The monoisotopic (exact) mass is 446 g/mol. The number of methoxy groups -OCH3 is 1. The maximum atomic E-state index is 13.3. The number of piperidine rings is 2. The molecule has 2 aliphatic heterocycles. The van der Waals surface area contributed by atoms with E-state index in [9.17, 15) is 9.59 Å². The highest BCUT2D eigenvalue weighted by Gasteiger charge is 2.37. The summed E-state index contributed by atoms with van der Waals surface area (Å²) < 4.78 is 17.2.